The standard InChI is InChI=1S/C37H26N2/c1-3-29-21-33(32-19-16-26-11-10-22(2)38-36(26)37(32)39-29)28-9-5-8-27(20-28)30-17-14-25-13-12-23-6-4-7-24-15-18-31(30)35(25)34(23)24/h4-21H,3H2,1-2H3. The number of hydrogen-bond donors (Lipinski definition) is 0. The molecular formula is C37H26N2. The van der Waals surface area contributed by atoms with Gasteiger partial charge in [0.1, 0.15) is 0 Å². The molecule has 39 heavy (non-hydrogen) atoms. The van der Waals surface area contributed by atoms with Crippen molar-refractivity contribution in [2.75, 3.05) is 0 Å². The third kappa shape index (κ3) is 3.35. The van der Waals surface area contributed by atoms with Gasteiger partial charge in [0.25, 0.3) is 0 Å². The first-order chi connectivity index (χ1) is 19.2. The number of aromatic nitrogens is 2. The lowest BCUT2D eigenvalue weighted by atomic mass is 9.89. The van der Waals surface area contributed by atoms with E-state index in [1.54, 1.807) is 0 Å². The molecule has 0 saturated heterocycles. The highest BCUT2D eigenvalue weighted by Gasteiger charge is 2.15. The number of aryl methyl sites for hydroxylation is 2. The maximum absolute atomic E-state index is 5.06. The quantitative estimate of drug-likeness (QED) is 0.227. The van der Waals surface area contributed by atoms with E-state index in [-0.39, 0.29) is 0 Å². The molecule has 2 aromatic heterocycles. The lowest BCUT2D eigenvalue weighted by molar-refractivity contribution is 1.06. The molecule has 0 amide bonds. The molecule has 0 spiro atoms. The van der Waals surface area contributed by atoms with Crippen LogP contribution < -0.4 is 0 Å². The summed E-state index contributed by atoms with van der Waals surface area (Å²) in [6.45, 7) is 4.21. The Morgan fingerprint density at radius 3 is 1.97 bits per heavy atom. The summed E-state index contributed by atoms with van der Waals surface area (Å²) in [7, 11) is 0. The Bertz CT molecular complexity index is 2210. The smallest absolute Gasteiger partial charge is 0.0974 e. The van der Waals surface area contributed by atoms with E-state index in [0.717, 1.165) is 39.6 Å². The highest BCUT2D eigenvalue weighted by atomic mass is 14.8. The van der Waals surface area contributed by atoms with Gasteiger partial charge in [-0.3, -0.25) is 9.97 Å². The van der Waals surface area contributed by atoms with Gasteiger partial charge in [0, 0.05) is 22.2 Å². The first-order valence-electron chi connectivity index (χ1n) is 13.7. The molecule has 0 N–H and O–H groups in total. The second kappa shape index (κ2) is 8.34. The van der Waals surface area contributed by atoms with Crippen molar-refractivity contribution in [3.8, 4) is 22.3 Å². The first-order valence-corrected chi connectivity index (χ1v) is 13.7. The number of benzene rings is 6. The Hall–Kier alpha value is -4.82. The van der Waals surface area contributed by atoms with Crippen molar-refractivity contribution >= 4 is 54.1 Å². The minimum Gasteiger partial charge on any atom is -0.251 e. The molecule has 2 heterocycles. The van der Waals surface area contributed by atoms with Crippen LogP contribution in [0.4, 0.5) is 0 Å². The molecule has 2 heteroatoms. The van der Waals surface area contributed by atoms with Crippen LogP contribution in [0.15, 0.2) is 109 Å². The van der Waals surface area contributed by atoms with Crippen molar-refractivity contribution in [3.63, 3.8) is 0 Å². The molecule has 0 aliphatic rings. The summed E-state index contributed by atoms with van der Waals surface area (Å²) in [5, 5.41) is 10.2. The van der Waals surface area contributed by atoms with Crippen molar-refractivity contribution in [1.82, 2.24) is 9.97 Å². The monoisotopic (exact) mass is 498 g/mol. The zero-order chi connectivity index (χ0) is 26.1. The molecule has 184 valence electrons. The van der Waals surface area contributed by atoms with Gasteiger partial charge in [-0.1, -0.05) is 97.9 Å². The van der Waals surface area contributed by atoms with Crippen LogP contribution in [0.2, 0.25) is 0 Å². The van der Waals surface area contributed by atoms with Gasteiger partial charge in [0.05, 0.1) is 11.0 Å². The average molecular weight is 499 g/mol. The number of fused-ring (bicyclic) bond motifs is 3. The molecule has 8 aromatic rings. The van der Waals surface area contributed by atoms with Crippen LogP contribution in [0, 0.1) is 6.92 Å². The lowest BCUT2D eigenvalue weighted by Gasteiger charge is -2.15. The topological polar surface area (TPSA) is 25.8 Å². The lowest BCUT2D eigenvalue weighted by Crippen LogP contribution is -1.95. The Labute approximate surface area is 226 Å². The molecule has 8 rings (SSSR count). The van der Waals surface area contributed by atoms with Crippen molar-refractivity contribution in [1.29, 1.82) is 0 Å². The van der Waals surface area contributed by atoms with Crippen molar-refractivity contribution in [3.05, 3.63) is 121 Å². The van der Waals surface area contributed by atoms with E-state index in [4.69, 9.17) is 9.97 Å². The van der Waals surface area contributed by atoms with Crippen LogP contribution >= 0.6 is 0 Å². The zero-order valence-corrected chi connectivity index (χ0v) is 22.0. The normalized spacial score (nSPS) is 11.9. The first kappa shape index (κ1) is 22.2. The fourth-order valence-electron chi connectivity index (χ4n) is 6.28. The van der Waals surface area contributed by atoms with Gasteiger partial charge in [-0.25, -0.2) is 0 Å². The van der Waals surface area contributed by atoms with Gasteiger partial charge in [-0.2, -0.15) is 0 Å². The number of nitrogens with zero attached hydrogens (tertiary/aromatic N) is 2. The van der Waals surface area contributed by atoms with E-state index in [9.17, 15) is 0 Å². The van der Waals surface area contributed by atoms with Crippen molar-refractivity contribution in [2.24, 2.45) is 0 Å². The van der Waals surface area contributed by atoms with Crippen molar-refractivity contribution < 1.29 is 0 Å². The summed E-state index contributed by atoms with van der Waals surface area (Å²) in [6, 6.07) is 40.0. The highest BCUT2D eigenvalue weighted by molar-refractivity contribution is 6.25. The van der Waals surface area contributed by atoms with Crippen LogP contribution in [0.1, 0.15) is 18.3 Å². The van der Waals surface area contributed by atoms with Crippen LogP contribution in [-0.4, -0.2) is 9.97 Å². The molecule has 0 radical (unpaired) electrons. The number of rotatable bonds is 3. The van der Waals surface area contributed by atoms with E-state index >= 15 is 0 Å². The van der Waals surface area contributed by atoms with Gasteiger partial charge in [-0.15, -0.1) is 0 Å². The average Bonchev–Trinajstić information content (AvgIpc) is 2.99. The Balaban J connectivity index is 1.38. The third-order valence-corrected chi connectivity index (χ3v) is 8.21. The maximum atomic E-state index is 5.06. The molecule has 0 bridgehead atoms. The Morgan fingerprint density at radius 1 is 0.513 bits per heavy atom. The second-order valence-corrected chi connectivity index (χ2v) is 10.6. The molecule has 0 fully saturated rings. The van der Waals surface area contributed by atoms with Crippen LogP contribution in [0.5, 0.6) is 0 Å². The predicted molar refractivity (Wildman–Crippen MR) is 166 cm³/mol. The highest BCUT2D eigenvalue weighted by Crippen LogP contribution is 2.40. The van der Waals surface area contributed by atoms with E-state index < -0.39 is 0 Å². The number of pyridine rings is 2. The second-order valence-electron chi connectivity index (χ2n) is 10.6. The fraction of sp³-hybridized carbons (Fsp3) is 0.0811. The molecule has 0 saturated carbocycles. The predicted octanol–water partition coefficient (Wildman–Crippen LogP) is 9.89. The molecule has 0 aliphatic carbocycles. The summed E-state index contributed by atoms with van der Waals surface area (Å²) in [6.07, 6.45) is 0.875. The number of hydrogen-bond acceptors (Lipinski definition) is 2. The maximum Gasteiger partial charge on any atom is 0.0974 e. The molecule has 6 aromatic carbocycles. The van der Waals surface area contributed by atoms with E-state index in [0.29, 0.717) is 0 Å². The van der Waals surface area contributed by atoms with Crippen LogP contribution in [-0.2, 0) is 6.42 Å². The third-order valence-electron chi connectivity index (χ3n) is 8.21. The van der Waals surface area contributed by atoms with E-state index in [1.807, 2.05) is 6.92 Å². The summed E-state index contributed by atoms with van der Waals surface area (Å²) < 4.78 is 0. The summed E-state index contributed by atoms with van der Waals surface area (Å²) >= 11 is 0. The molecular weight excluding hydrogens is 472 g/mol. The SMILES string of the molecule is CCc1cc(-c2cccc(-c3ccc4ccc5cccc6ccc3c4c56)c2)c2ccc3ccc(C)nc3c2n1. The zero-order valence-electron chi connectivity index (χ0n) is 22.0. The largest absolute Gasteiger partial charge is 0.251 e. The fourth-order valence-corrected chi connectivity index (χ4v) is 6.28. The Morgan fingerprint density at radius 2 is 1.15 bits per heavy atom. The minimum atomic E-state index is 0.875. The van der Waals surface area contributed by atoms with Gasteiger partial charge in [0.2, 0.25) is 0 Å². The Kier molecular flexibility index (Phi) is 4.75. The van der Waals surface area contributed by atoms with E-state index in [2.05, 4.69) is 116 Å². The minimum absolute atomic E-state index is 0.875. The van der Waals surface area contributed by atoms with Crippen molar-refractivity contribution in [2.45, 2.75) is 20.3 Å². The molecule has 2 nitrogen and oxygen atoms in total. The van der Waals surface area contributed by atoms with Crippen LogP contribution in [0.25, 0.3) is 76.4 Å². The van der Waals surface area contributed by atoms with E-state index in [1.165, 1.54) is 54.6 Å². The van der Waals surface area contributed by atoms with Crippen LogP contribution in [0.3, 0.4) is 0 Å². The molecule has 0 aliphatic heterocycles. The summed E-state index contributed by atoms with van der Waals surface area (Å²) in [5.74, 6) is 0. The summed E-state index contributed by atoms with van der Waals surface area (Å²) in [4.78, 5) is 9.95. The molecule has 0 unspecified atom stereocenters. The summed E-state index contributed by atoms with van der Waals surface area (Å²) in [5.41, 5.74) is 8.96. The molecule has 0 atom stereocenters. The van der Waals surface area contributed by atoms with Gasteiger partial charge >= 0.3 is 0 Å². The van der Waals surface area contributed by atoms with Gasteiger partial charge in [0.15, 0.2) is 0 Å². The van der Waals surface area contributed by atoms with Gasteiger partial charge < -0.3 is 0 Å². The van der Waals surface area contributed by atoms with Gasteiger partial charge in [-0.05, 0) is 86.1 Å².